The third-order valence-electron chi connectivity index (χ3n) is 4.72. The highest BCUT2D eigenvalue weighted by Gasteiger charge is 2.54. The van der Waals surface area contributed by atoms with E-state index in [4.69, 9.17) is 6.57 Å². The molecule has 0 aliphatic heterocycles. The number of rotatable bonds is 6. The summed E-state index contributed by atoms with van der Waals surface area (Å²) in [5, 5.41) is 0. The maximum atomic E-state index is 13.3. The van der Waals surface area contributed by atoms with Crippen LogP contribution in [0.2, 0.25) is 0 Å². The topological polar surface area (TPSA) is 38.5 Å². The molecule has 0 saturated heterocycles. The molecule has 0 amide bonds. The lowest BCUT2D eigenvalue weighted by Gasteiger charge is -2.28. The first kappa shape index (κ1) is 19.0. The third kappa shape index (κ3) is 3.38. The van der Waals surface area contributed by atoms with Crippen LogP contribution in [0.15, 0.2) is 66.1 Å². The number of benzene rings is 2. The number of hydrogen-bond donors (Lipinski definition) is 0. The first-order valence-electron chi connectivity index (χ1n) is 8.22. The number of aryl methyl sites for hydroxylation is 1. The SMILES string of the molecule is [C-]#[N+]C(C)(C(CC)C(=C)c1ccccc1)S(=O)(=O)c1ccc(C)cc1. The van der Waals surface area contributed by atoms with E-state index in [1.54, 1.807) is 24.3 Å². The zero-order valence-electron chi connectivity index (χ0n) is 14.9. The quantitative estimate of drug-likeness (QED) is 0.674. The average Bonchev–Trinajstić information content (AvgIpc) is 2.62. The molecule has 2 aromatic carbocycles. The van der Waals surface area contributed by atoms with E-state index in [1.165, 1.54) is 6.92 Å². The molecular formula is C21H23NO2S. The van der Waals surface area contributed by atoms with Crippen molar-refractivity contribution in [1.82, 2.24) is 0 Å². The van der Waals surface area contributed by atoms with Crippen molar-refractivity contribution in [3.05, 3.63) is 83.7 Å². The Bertz CT molecular complexity index is 893. The molecule has 0 N–H and O–H groups in total. The molecule has 25 heavy (non-hydrogen) atoms. The zero-order chi connectivity index (χ0) is 18.7. The van der Waals surface area contributed by atoms with Gasteiger partial charge in [-0.05, 0) is 36.6 Å². The normalized spacial score (nSPS) is 15.0. The molecule has 0 aromatic heterocycles. The zero-order valence-corrected chi connectivity index (χ0v) is 15.7. The Morgan fingerprint density at radius 1 is 1.16 bits per heavy atom. The molecule has 4 heteroatoms. The van der Waals surface area contributed by atoms with E-state index in [0.29, 0.717) is 12.0 Å². The highest BCUT2D eigenvalue weighted by atomic mass is 32.2. The Morgan fingerprint density at radius 3 is 2.20 bits per heavy atom. The summed E-state index contributed by atoms with van der Waals surface area (Å²) in [4.78, 5) is 2.18. The van der Waals surface area contributed by atoms with Crippen molar-refractivity contribution in [2.45, 2.75) is 37.0 Å². The van der Waals surface area contributed by atoms with Crippen LogP contribution >= 0.6 is 0 Å². The van der Waals surface area contributed by atoms with E-state index in [0.717, 1.165) is 11.1 Å². The van der Waals surface area contributed by atoms with Gasteiger partial charge in [0.25, 0.3) is 9.84 Å². The van der Waals surface area contributed by atoms with E-state index in [9.17, 15) is 8.42 Å². The van der Waals surface area contributed by atoms with Gasteiger partial charge >= 0.3 is 4.87 Å². The first-order chi connectivity index (χ1) is 11.8. The second kappa shape index (κ2) is 7.25. The Kier molecular flexibility index (Phi) is 5.49. The monoisotopic (exact) mass is 353 g/mol. The van der Waals surface area contributed by atoms with Gasteiger partial charge in [-0.2, -0.15) is 0 Å². The van der Waals surface area contributed by atoms with Crippen LogP contribution < -0.4 is 0 Å². The Morgan fingerprint density at radius 2 is 1.72 bits per heavy atom. The molecule has 2 rings (SSSR count). The van der Waals surface area contributed by atoms with E-state index >= 15 is 0 Å². The summed E-state index contributed by atoms with van der Waals surface area (Å²) in [5.74, 6) is -0.501. The predicted molar refractivity (Wildman–Crippen MR) is 103 cm³/mol. The van der Waals surface area contributed by atoms with Crippen molar-refractivity contribution in [1.29, 1.82) is 0 Å². The van der Waals surface area contributed by atoms with E-state index < -0.39 is 20.6 Å². The van der Waals surface area contributed by atoms with Gasteiger partial charge in [-0.15, -0.1) is 0 Å². The van der Waals surface area contributed by atoms with Crippen LogP contribution in [0.4, 0.5) is 0 Å². The minimum absolute atomic E-state index is 0.177. The molecule has 2 aromatic rings. The predicted octanol–water partition coefficient (Wildman–Crippen LogP) is 5.14. The van der Waals surface area contributed by atoms with Crippen LogP contribution in [-0.4, -0.2) is 13.3 Å². The Balaban J connectivity index is 2.55. The number of sulfone groups is 1. The molecular weight excluding hydrogens is 330 g/mol. The summed E-state index contributed by atoms with van der Waals surface area (Å²) >= 11 is 0. The van der Waals surface area contributed by atoms with E-state index in [1.807, 2.05) is 44.2 Å². The average molecular weight is 353 g/mol. The fraction of sp³-hybridized carbons (Fsp3) is 0.286. The Labute approximate surface area is 150 Å². The molecule has 0 saturated carbocycles. The van der Waals surface area contributed by atoms with Crippen LogP contribution in [0.5, 0.6) is 0 Å². The lowest BCUT2D eigenvalue weighted by atomic mass is 9.86. The standard InChI is InChI=1S/C21H23NO2S/c1-6-20(17(3)18-10-8-7-9-11-18)21(4,22-5)25(23,24)19-14-12-16(2)13-15-19/h7-15,20H,3,6H2,1-2,4H3. The van der Waals surface area contributed by atoms with Gasteiger partial charge in [0.15, 0.2) is 0 Å². The van der Waals surface area contributed by atoms with Crippen molar-refractivity contribution in [3.63, 3.8) is 0 Å². The lowest BCUT2D eigenvalue weighted by molar-refractivity contribution is 0.491. The van der Waals surface area contributed by atoms with Crippen molar-refractivity contribution in [2.24, 2.45) is 5.92 Å². The van der Waals surface area contributed by atoms with Crippen molar-refractivity contribution >= 4 is 15.4 Å². The highest BCUT2D eigenvalue weighted by Crippen LogP contribution is 2.42. The fourth-order valence-corrected chi connectivity index (χ4v) is 4.86. The summed E-state index contributed by atoms with van der Waals surface area (Å²) < 4.78 is 26.6. The molecule has 0 heterocycles. The molecule has 0 aliphatic rings. The van der Waals surface area contributed by atoms with Gasteiger partial charge in [-0.3, -0.25) is 4.85 Å². The number of hydrogen-bond acceptors (Lipinski definition) is 2. The number of nitrogens with zero attached hydrogens (tertiary/aromatic N) is 1. The summed E-state index contributed by atoms with van der Waals surface area (Å²) in [6.45, 7) is 17.1. The summed E-state index contributed by atoms with van der Waals surface area (Å²) in [6.07, 6.45) is 0.512. The molecule has 2 unspecified atom stereocenters. The van der Waals surface area contributed by atoms with Crippen molar-refractivity contribution in [2.75, 3.05) is 0 Å². The third-order valence-corrected chi connectivity index (χ3v) is 7.07. The van der Waals surface area contributed by atoms with Gasteiger partial charge in [-0.1, -0.05) is 61.5 Å². The smallest absolute Gasteiger partial charge is 0.292 e. The second-order valence-electron chi connectivity index (χ2n) is 6.34. The van der Waals surface area contributed by atoms with Gasteiger partial charge < -0.3 is 0 Å². The van der Waals surface area contributed by atoms with Gasteiger partial charge in [-0.25, -0.2) is 15.0 Å². The van der Waals surface area contributed by atoms with Gasteiger partial charge in [0.05, 0.1) is 10.8 Å². The molecule has 0 fully saturated rings. The van der Waals surface area contributed by atoms with Crippen LogP contribution in [0.25, 0.3) is 10.4 Å². The van der Waals surface area contributed by atoms with Crippen LogP contribution in [0.1, 0.15) is 31.4 Å². The highest BCUT2D eigenvalue weighted by molar-refractivity contribution is 7.93. The summed E-state index contributed by atoms with van der Waals surface area (Å²) in [5.41, 5.74) is 2.52. The molecule has 130 valence electrons. The Hall–Kier alpha value is -2.38. The molecule has 0 bridgehead atoms. The maximum absolute atomic E-state index is 13.3. The van der Waals surface area contributed by atoms with Crippen molar-refractivity contribution < 1.29 is 8.42 Å². The molecule has 2 atom stereocenters. The molecule has 3 nitrogen and oxygen atoms in total. The van der Waals surface area contributed by atoms with Gasteiger partial charge in [0, 0.05) is 6.92 Å². The summed E-state index contributed by atoms with van der Waals surface area (Å²) in [7, 11) is -3.85. The van der Waals surface area contributed by atoms with Crippen molar-refractivity contribution in [3.8, 4) is 0 Å². The molecule has 0 aliphatic carbocycles. The lowest BCUT2D eigenvalue weighted by Crippen LogP contribution is -2.40. The van der Waals surface area contributed by atoms with E-state index in [-0.39, 0.29) is 4.90 Å². The van der Waals surface area contributed by atoms with E-state index in [2.05, 4.69) is 11.4 Å². The minimum Gasteiger partial charge on any atom is -0.292 e. The van der Waals surface area contributed by atoms with Crippen LogP contribution in [0, 0.1) is 19.4 Å². The van der Waals surface area contributed by atoms with Crippen LogP contribution in [0.3, 0.4) is 0 Å². The molecule has 0 radical (unpaired) electrons. The largest absolute Gasteiger partial charge is 0.337 e. The van der Waals surface area contributed by atoms with Crippen LogP contribution in [-0.2, 0) is 9.84 Å². The summed E-state index contributed by atoms with van der Waals surface area (Å²) in [6, 6.07) is 16.1. The second-order valence-corrected chi connectivity index (χ2v) is 8.64. The van der Waals surface area contributed by atoms with Gasteiger partial charge in [0.1, 0.15) is 0 Å². The first-order valence-corrected chi connectivity index (χ1v) is 9.70. The molecule has 0 spiro atoms. The fourth-order valence-electron chi connectivity index (χ4n) is 3.08. The minimum atomic E-state index is -3.85. The maximum Gasteiger partial charge on any atom is 0.337 e. The van der Waals surface area contributed by atoms with Gasteiger partial charge in [0.2, 0.25) is 0 Å².